The number of anilines is 3. The summed E-state index contributed by atoms with van der Waals surface area (Å²) in [5.41, 5.74) is 3.78. The molecule has 200 valence electrons. The highest BCUT2D eigenvalue weighted by Gasteiger charge is 2.42. The Morgan fingerprint density at radius 2 is 1.78 bits per heavy atom. The Morgan fingerprint density at radius 1 is 1.00 bits per heavy atom. The van der Waals surface area contributed by atoms with E-state index in [1.165, 1.54) is 70.9 Å². The van der Waals surface area contributed by atoms with E-state index in [0.717, 1.165) is 54.0 Å². The number of nitrogens with zero attached hydrogens (tertiary/aromatic N) is 5. The molecule has 0 atom stereocenters. The van der Waals surface area contributed by atoms with Crippen LogP contribution in [0.2, 0.25) is 0 Å². The van der Waals surface area contributed by atoms with Crippen LogP contribution in [0.3, 0.4) is 0 Å². The first kappa shape index (κ1) is 24.7. The van der Waals surface area contributed by atoms with E-state index in [-0.39, 0.29) is 0 Å². The number of hydrogen-bond donors (Lipinski definition) is 3. The maximum Gasteiger partial charge on any atom is 0.229 e. The van der Waals surface area contributed by atoms with E-state index in [1.807, 2.05) is 36.4 Å². The molecule has 2 aliphatic heterocycles. The Bertz CT molecular complexity index is 1160. The molecule has 3 aromatic rings. The lowest BCUT2D eigenvalue weighted by Gasteiger charge is -2.24. The third-order valence-electron chi connectivity index (χ3n) is 8.71. The van der Waals surface area contributed by atoms with Gasteiger partial charge in [0.15, 0.2) is 5.82 Å². The molecule has 0 radical (unpaired) electrons. The second-order valence-electron chi connectivity index (χ2n) is 11.5. The van der Waals surface area contributed by atoms with E-state index in [1.54, 1.807) is 0 Å². The second-order valence-corrected chi connectivity index (χ2v) is 11.5. The third kappa shape index (κ3) is 5.93. The van der Waals surface area contributed by atoms with Crippen molar-refractivity contribution in [2.45, 2.75) is 82.7 Å². The van der Waals surface area contributed by atoms with Crippen molar-refractivity contribution in [3.8, 4) is 0 Å². The molecule has 5 heterocycles. The van der Waals surface area contributed by atoms with Crippen LogP contribution in [0.5, 0.6) is 0 Å². The molecule has 0 bridgehead atoms. The quantitative estimate of drug-likeness (QED) is 0.440. The highest BCUT2D eigenvalue weighted by molar-refractivity contribution is 5.88. The Hall–Kier alpha value is -2.65. The molecule has 0 amide bonds. The highest BCUT2D eigenvalue weighted by Crippen LogP contribution is 2.52. The standard InChI is InChI=1S/C21H29N7O.C7H13N/c1-27-10-7-18-19(27)20(23-15-5-3-2-4-6-15)26-21(25-18)24-16-13-22-28(14-16)17-8-11-29-12-9-17;1-2-7(1)3-5-8-6-4-7/h7,10,13-15,17H,2-6,8-9,11-12H2,1H3,(H2,23,24,25,26);8H,1-6H2. The van der Waals surface area contributed by atoms with Gasteiger partial charge >= 0.3 is 0 Å². The van der Waals surface area contributed by atoms with Gasteiger partial charge in [-0.25, -0.2) is 4.98 Å². The van der Waals surface area contributed by atoms with Crippen LogP contribution in [0.15, 0.2) is 24.7 Å². The SMILES string of the molecule is C1CC2(CCN1)CC2.Cn1ccc2nc(Nc3cnn(C4CCOCC4)c3)nc(NC3CCCCC3)c21. The molecule has 7 rings (SSSR count). The monoisotopic (exact) mass is 506 g/mol. The van der Waals surface area contributed by atoms with Gasteiger partial charge in [0.1, 0.15) is 5.52 Å². The average molecular weight is 507 g/mol. The lowest BCUT2D eigenvalue weighted by atomic mass is 9.95. The molecule has 3 aromatic heterocycles. The summed E-state index contributed by atoms with van der Waals surface area (Å²) in [5.74, 6) is 1.52. The van der Waals surface area contributed by atoms with Crippen LogP contribution < -0.4 is 16.0 Å². The molecule has 0 unspecified atom stereocenters. The maximum atomic E-state index is 5.46. The molecule has 37 heavy (non-hydrogen) atoms. The maximum absolute atomic E-state index is 5.46. The van der Waals surface area contributed by atoms with Crippen molar-refractivity contribution in [3.63, 3.8) is 0 Å². The highest BCUT2D eigenvalue weighted by atomic mass is 16.5. The van der Waals surface area contributed by atoms with E-state index < -0.39 is 0 Å². The summed E-state index contributed by atoms with van der Waals surface area (Å²) >= 11 is 0. The summed E-state index contributed by atoms with van der Waals surface area (Å²) in [6, 6.07) is 2.93. The normalized spacial score (nSPS) is 22.0. The molecule has 9 nitrogen and oxygen atoms in total. The molecule has 3 N–H and O–H groups in total. The molecule has 1 spiro atoms. The smallest absolute Gasteiger partial charge is 0.229 e. The zero-order chi connectivity index (χ0) is 25.1. The van der Waals surface area contributed by atoms with Crippen LogP contribution in [-0.2, 0) is 11.8 Å². The molecule has 4 aliphatic rings. The first-order valence-corrected chi connectivity index (χ1v) is 14.4. The van der Waals surface area contributed by atoms with Crippen molar-refractivity contribution in [1.29, 1.82) is 0 Å². The van der Waals surface area contributed by atoms with Crippen LogP contribution in [-0.4, -0.2) is 56.7 Å². The first-order chi connectivity index (χ1) is 18.2. The molecular weight excluding hydrogens is 464 g/mol. The van der Waals surface area contributed by atoms with Gasteiger partial charge in [0, 0.05) is 38.7 Å². The lowest BCUT2D eigenvalue weighted by Crippen LogP contribution is -2.28. The van der Waals surface area contributed by atoms with E-state index in [9.17, 15) is 0 Å². The number of nitrogens with one attached hydrogen (secondary N) is 3. The van der Waals surface area contributed by atoms with E-state index in [0.29, 0.717) is 18.0 Å². The Kier molecular flexibility index (Phi) is 7.33. The van der Waals surface area contributed by atoms with Gasteiger partial charge in [-0.1, -0.05) is 19.3 Å². The van der Waals surface area contributed by atoms with Crippen molar-refractivity contribution in [3.05, 3.63) is 24.7 Å². The predicted octanol–water partition coefficient (Wildman–Crippen LogP) is 5.15. The molecule has 2 saturated heterocycles. The first-order valence-electron chi connectivity index (χ1n) is 14.4. The summed E-state index contributed by atoms with van der Waals surface area (Å²) in [7, 11) is 2.04. The minimum atomic E-state index is 0.403. The van der Waals surface area contributed by atoms with Gasteiger partial charge in [-0.2, -0.15) is 10.1 Å². The zero-order valence-electron chi connectivity index (χ0n) is 22.2. The fraction of sp³-hybridized carbons (Fsp3) is 0.679. The predicted molar refractivity (Wildman–Crippen MR) is 147 cm³/mol. The van der Waals surface area contributed by atoms with Gasteiger partial charge in [-0.15, -0.1) is 0 Å². The second kappa shape index (κ2) is 11.0. The third-order valence-corrected chi connectivity index (χ3v) is 8.71. The Balaban J connectivity index is 0.000000266. The molecule has 4 fully saturated rings. The van der Waals surface area contributed by atoms with Gasteiger partial charge in [0.2, 0.25) is 5.95 Å². The number of rotatable bonds is 5. The topological polar surface area (TPSA) is 93.9 Å². The molecule has 2 saturated carbocycles. The van der Waals surface area contributed by atoms with Crippen LogP contribution in [0.4, 0.5) is 17.5 Å². The summed E-state index contributed by atoms with van der Waals surface area (Å²) in [6.07, 6.45) is 20.2. The number of aromatic nitrogens is 5. The number of piperidine rings is 1. The number of fused-ring (bicyclic) bond motifs is 1. The zero-order valence-corrected chi connectivity index (χ0v) is 22.2. The van der Waals surface area contributed by atoms with Crippen molar-refractivity contribution in [2.24, 2.45) is 12.5 Å². The number of ether oxygens (including phenoxy) is 1. The van der Waals surface area contributed by atoms with E-state index in [2.05, 4.69) is 25.6 Å². The van der Waals surface area contributed by atoms with Crippen molar-refractivity contribution >= 4 is 28.5 Å². The lowest BCUT2D eigenvalue weighted by molar-refractivity contribution is 0.0662. The summed E-state index contributed by atoms with van der Waals surface area (Å²) in [5, 5.41) is 15.0. The fourth-order valence-electron chi connectivity index (χ4n) is 6.10. The molecular formula is C28H42N8O. The largest absolute Gasteiger partial charge is 0.381 e. The summed E-state index contributed by atoms with van der Waals surface area (Å²) < 4.78 is 9.58. The van der Waals surface area contributed by atoms with Gasteiger partial charge in [0.05, 0.1) is 23.4 Å². The van der Waals surface area contributed by atoms with Crippen molar-refractivity contribution < 1.29 is 4.74 Å². The van der Waals surface area contributed by atoms with Gasteiger partial charge in [-0.3, -0.25) is 4.68 Å². The van der Waals surface area contributed by atoms with Crippen molar-refractivity contribution in [1.82, 2.24) is 29.6 Å². The van der Waals surface area contributed by atoms with Gasteiger partial charge < -0.3 is 25.3 Å². The van der Waals surface area contributed by atoms with Crippen LogP contribution in [0.1, 0.15) is 76.7 Å². The van der Waals surface area contributed by atoms with Crippen LogP contribution in [0, 0.1) is 5.41 Å². The Morgan fingerprint density at radius 3 is 2.51 bits per heavy atom. The van der Waals surface area contributed by atoms with Gasteiger partial charge in [0.25, 0.3) is 0 Å². The van der Waals surface area contributed by atoms with Crippen LogP contribution in [0.25, 0.3) is 11.0 Å². The Labute approximate surface area is 219 Å². The van der Waals surface area contributed by atoms with Crippen LogP contribution >= 0.6 is 0 Å². The van der Waals surface area contributed by atoms with Gasteiger partial charge in [-0.05, 0) is 75.9 Å². The number of aryl methyl sites for hydroxylation is 1. The minimum absolute atomic E-state index is 0.403. The number of hydrogen-bond acceptors (Lipinski definition) is 7. The average Bonchev–Trinajstić information content (AvgIpc) is 3.32. The van der Waals surface area contributed by atoms with Crippen molar-refractivity contribution in [2.75, 3.05) is 36.9 Å². The van der Waals surface area contributed by atoms with E-state index in [4.69, 9.17) is 14.7 Å². The van der Waals surface area contributed by atoms with E-state index >= 15 is 0 Å². The molecule has 9 heteroatoms. The summed E-state index contributed by atoms with van der Waals surface area (Å²) in [4.78, 5) is 9.56. The summed E-state index contributed by atoms with van der Waals surface area (Å²) in [6.45, 7) is 4.16. The minimum Gasteiger partial charge on any atom is -0.381 e. The molecule has 0 aromatic carbocycles. The molecule has 2 aliphatic carbocycles. The fourth-order valence-corrected chi connectivity index (χ4v) is 6.10.